The highest BCUT2D eigenvalue weighted by Crippen LogP contribution is 2.42. The topological polar surface area (TPSA) is 82.5 Å². The number of rotatable bonds is 5. The van der Waals surface area contributed by atoms with Crippen molar-refractivity contribution in [1.29, 1.82) is 0 Å². The Kier molecular flexibility index (Phi) is 6.32. The Balaban J connectivity index is 1.66. The number of anilines is 1. The van der Waals surface area contributed by atoms with E-state index in [4.69, 9.17) is 38.4 Å². The Morgan fingerprint density at radius 3 is 2.50 bits per heavy atom. The molecule has 0 spiro atoms. The fourth-order valence-corrected chi connectivity index (χ4v) is 4.01. The highest BCUT2D eigenvalue weighted by atomic mass is 35.5. The summed E-state index contributed by atoms with van der Waals surface area (Å²) < 4.78 is 14.5. The monoisotopic (exact) mass is 447 g/mol. The third-order valence-electron chi connectivity index (χ3n) is 5.42. The molecule has 0 amide bonds. The van der Waals surface area contributed by atoms with Crippen LogP contribution in [0.3, 0.4) is 0 Å². The van der Waals surface area contributed by atoms with E-state index in [9.17, 15) is 5.11 Å². The molecule has 0 saturated carbocycles. The number of nitrogens with two attached hydrogens (primary N) is 1. The molecule has 4 atom stereocenters. The van der Waals surface area contributed by atoms with Crippen LogP contribution in [0.5, 0.6) is 0 Å². The number of aliphatic hydroxyl groups excluding tert-OH is 1. The molecule has 0 radical (unpaired) electrons. The van der Waals surface area contributed by atoms with E-state index in [2.05, 4.69) is 11.9 Å². The van der Waals surface area contributed by atoms with Crippen molar-refractivity contribution in [3.05, 3.63) is 81.9 Å². The van der Waals surface area contributed by atoms with E-state index in [1.807, 2.05) is 48.5 Å². The van der Waals surface area contributed by atoms with Crippen LogP contribution in [-0.2, 0) is 22.6 Å². The zero-order valence-corrected chi connectivity index (χ0v) is 17.9. The van der Waals surface area contributed by atoms with E-state index in [1.54, 1.807) is 10.9 Å². The number of hydrogen-bond donors (Lipinski definition) is 2. The molecule has 1 aliphatic heterocycles. The van der Waals surface area contributed by atoms with Crippen molar-refractivity contribution < 1.29 is 14.6 Å². The fraction of sp³-hybridized carbons (Fsp3) is 0.318. The third kappa shape index (κ3) is 4.33. The minimum absolute atomic E-state index is 0.00109. The first-order valence-corrected chi connectivity index (χ1v) is 10.4. The average molecular weight is 448 g/mol. The normalized spacial score (nSPS) is 24.1. The van der Waals surface area contributed by atoms with Crippen molar-refractivity contribution in [2.75, 3.05) is 5.73 Å². The van der Waals surface area contributed by atoms with Gasteiger partial charge in [-0.2, -0.15) is 0 Å². The number of nitrogens with zero attached hydrogens (tertiary/aromatic N) is 2. The van der Waals surface area contributed by atoms with E-state index in [0.717, 1.165) is 16.7 Å². The van der Waals surface area contributed by atoms with E-state index >= 15 is 0 Å². The van der Waals surface area contributed by atoms with E-state index in [1.165, 1.54) is 0 Å². The molecule has 4 rings (SSSR count). The molecule has 8 heteroatoms. The summed E-state index contributed by atoms with van der Waals surface area (Å²) in [5.41, 5.74) is 9.32. The Morgan fingerprint density at radius 2 is 1.87 bits per heavy atom. The summed E-state index contributed by atoms with van der Waals surface area (Å²) in [5.74, 6) is 0.0135. The van der Waals surface area contributed by atoms with Gasteiger partial charge in [0.05, 0.1) is 31.7 Å². The quantitative estimate of drug-likeness (QED) is 0.551. The van der Waals surface area contributed by atoms with Crippen molar-refractivity contribution in [3.63, 3.8) is 0 Å². The number of aliphatic hydroxyl groups is 1. The smallest absolute Gasteiger partial charge is 0.185 e. The minimum Gasteiger partial charge on any atom is -0.399 e. The predicted octanol–water partition coefficient (Wildman–Crippen LogP) is 4.76. The summed E-state index contributed by atoms with van der Waals surface area (Å²) in [6, 6.07) is 15.2. The van der Waals surface area contributed by atoms with Crippen LogP contribution in [0.2, 0.25) is 10.3 Å². The summed E-state index contributed by atoms with van der Waals surface area (Å²) in [5, 5.41) is 9.99. The first kappa shape index (κ1) is 21.2. The molecule has 6 nitrogen and oxygen atoms in total. The summed E-state index contributed by atoms with van der Waals surface area (Å²) in [7, 11) is 0. The van der Waals surface area contributed by atoms with Gasteiger partial charge < -0.3 is 24.9 Å². The Labute approximate surface area is 185 Å². The molecule has 2 heterocycles. The first-order chi connectivity index (χ1) is 14.5. The van der Waals surface area contributed by atoms with Crippen LogP contribution in [0.4, 0.5) is 5.69 Å². The second-order valence-corrected chi connectivity index (χ2v) is 8.19. The Hall–Kier alpha value is -2.09. The molecule has 1 unspecified atom stereocenters. The molecular weight excluding hydrogens is 425 g/mol. The molecule has 3 N–H and O–H groups in total. The highest BCUT2D eigenvalue weighted by Gasteiger charge is 2.38. The van der Waals surface area contributed by atoms with E-state index < -0.39 is 6.29 Å². The van der Waals surface area contributed by atoms with Gasteiger partial charge >= 0.3 is 0 Å². The number of halogens is 2. The second-order valence-electron chi connectivity index (χ2n) is 7.47. The molecule has 0 bridgehead atoms. The largest absolute Gasteiger partial charge is 0.399 e. The average Bonchev–Trinajstić information content (AvgIpc) is 3.07. The molecule has 2 aromatic carbocycles. The first-order valence-electron chi connectivity index (χ1n) is 9.68. The molecule has 1 aliphatic rings. The van der Waals surface area contributed by atoms with Crippen molar-refractivity contribution in [2.24, 2.45) is 5.92 Å². The van der Waals surface area contributed by atoms with Gasteiger partial charge in [-0.25, -0.2) is 4.98 Å². The minimum atomic E-state index is -0.588. The van der Waals surface area contributed by atoms with Crippen LogP contribution in [0.15, 0.2) is 54.9 Å². The summed E-state index contributed by atoms with van der Waals surface area (Å²) >= 11 is 12.3. The molecular formula is C22H23Cl2N3O3. The lowest BCUT2D eigenvalue weighted by molar-refractivity contribution is -0.276. The lowest BCUT2D eigenvalue weighted by atomic mass is 9.90. The van der Waals surface area contributed by atoms with Crippen LogP contribution in [0, 0.1) is 5.92 Å². The lowest BCUT2D eigenvalue weighted by Gasteiger charge is -2.41. The molecule has 1 saturated heterocycles. The summed E-state index contributed by atoms with van der Waals surface area (Å²) in [6.07, 6.45) is 0.586. The van der Waals surface area contributed by atoms with Gasteiger partial charge in [-0.3, -0.25) is 0 Å². The van der Waals surface area contributed by atoms with Gasteiger partial charge in [-0.1, -0.05) is 66.5 Å². The SMILES string of the molecule is C[C@H]1[C@@H](Cn2cnc(Cl)c2Cl)OC(c2cccc(N)c2)O[C@H]1c1ccc(CO)cc1. The number of nitrogen functional groups attached to an aromatic ring is 1. The van der Waals surface area contributed by atoms with Gasteiger partial charge in [0, 0.05) is 17.2 Å². The Morgan fingerprint density at radius 1 is 1.10 bits per heavy atom. The van der Waals surface area contributed by atoms with Crippen LogP contribution < -0.4 is 5.73 Å². The number of ether oxygens (including phenoxy) is 2. The van der Waals surface area contributed by atoms with Crippen LogP contribution in [-0.4, -0.2) is 20.8 Å². The molecule has 1 aromatic heterocycles. The second kappa shape index (κ2) is 8.96. The zero-order chi connectivity index (χ0) is 21.3. The molecule has 30 heavy (non-hydrogen) atoms. The number of aromatic nitrogens is 2. The maximum atomic E-state index is 9.35. The predicted molar refractivity (Wildman–Crippen MR) is 116 cm³/mol. The van der Waals surface area contributed by atoms with Gasteiger partial charge in [0.25, 0.3) is 0 Å². The van der Waals surface area contributed by atoms with Crippen LogP contribution in [0.25, 0.3) is 0 Å². The van der Waals surface area contributed by atoms with Gasteiger partial charge in [0.2, 0.25) is 0 Å². The molecule has 1 fully saturated rings. The highest BCUT2D eigenvalue weighted by molar-refractivity contribution is 6.40. The van der Waals surface area contributed by atoms with E-state index in [0.29, 0.717) is 17.4 Å². The van der Waals surface area contributed by atoms with Gasteiger partial charge in [0.15, 0.2) is 11.4 Å². The number of hydrogen-bond acceptors (Lipinski definition) is 5. The van der Waals surface area contributed by atoms with Crippen molar-refractivity contribution in [1.82, 2.24) is 9.55 Å². The third-order valence-corrected chi connectivity index (χ3v) is 6.19. The standard InChI is InChI=1S/C22H23Cl2N3O3/c1-13-18(10-27-12-26-20(23)21(27)24)29-22(16-3-2-4-17(25)9-16)30-19(13)15-7-5-14(11-28)6-8-15/h2-9,12-13,18-19,22,28H,10-11,25H2,1H3/t13-,18+,19+,22?/m0/s1. The molecule has 158 valence electrons. The van der Waals surface area contributed by atoms with Crippen LogP contribution in [0.1, 0.15) is 36.0 Å². The lowest BCUT2D eigenvalue weighted by Crippen LogP contribution is -2.39. The fourth-order valence-electron chi connectivity index (χ4n) is 3.70. The molecule has 3 aromatic rings. The van der Waals surface area contributed by atoms with E-state index in [-0.39, 0.29) is 29.9 Å². The van der Waals surface area contributed by atoms with Crippen molar-refractivity contribution >= 4 is 28.9 Å². The summed E-state index contributed by atoms with van der Waals surface area (Å²) in [4.78, 5) is 4.06. The maximum absolute atomic E-state index is 9.35. The van der Waals surface area contributed by atoms with Crippen molar-refractivity contribution in [3.8, 4) is 0 Å². The summed E-state index contributed by atoms with van der Waals surface area (Å²) in [6.45, 7) is 2.56. The van der Waals surface area contributed by atoms with Gasteiger partial charge in [-0.15, -0.1) is 0 Å². The van der Waals surface area contributed by atoms with Crippen molar-refractivity contribution in [2.45, 2.75) is 38.6 Å². The number of benzene rings is 2. The van der Waals surface area contributed by atoms with Gasteiger partial charge in [-0.05, 0) is 23.3 Å². The Bertz CT molecular complexity index is 1010. The molecule has 0 aliphatic carbocycles. The number of imidazole rings is 1. The van der Waals surface area contributed by atoms with Gasteiger partial charge in [0.1, 0.15) is 5.15 Å². The maximum Gasteiger partial charge on any atom is 0.185 e. The van der Waals surface area contributed by atoms with Crippen LogP contribution >= 0.6 is 23.2 Å². The zero-order valence-electron chi connectivity index (χ0n) is 16.4.